The Kier molecular flexibility index (Phi) is 2.59. The minimum Gasteiger partial charge on any atom is -0.594 e. The third-order valence-electron chi connectivity index (χ3n) is 2.08. The maximum Gasteiger partial charge on any atom is 0.271 e. The van der Waals surface area contributed by atoms with Crippen molar-refractivity contribution in [2.75, 3.05) is 7.11 Å². The molecule has 0 fully saturated rings. The molecule has 5 nitrogen and oxygen atoms in total. The molecule has 0 saturated carbocycles. The maximum atomic E-state index is 11.5. The molecular weight excluding hydrogens is 309 g/mol. The van der Waals surface area contributed by atoms with Crippen molar-refractivity contribution < 1.29 is 9.58 Å². The van der Waals surface area contributed by atoms with Gasteiger partial charge in [0.25, 0.3) is 9.35 Å². The third kappa shape index (κ3) is 1.81. The molecule has 1 heterocycles. The van der Waals surface area contributed by atoms with E-state index < -0.39 is 0 Å². The number of fused-ring (bicyclic) bond motifs is 1. The summed E-state index contributed by atoms with van der Waals surface area (Å²) in [5.41, 5.74) is 1.93. The highest BCUT2D eigenvalue weighted by Gasteiger charge is 2.12. The Hall–Kier alpha value is -1.18. The lowest BCUT2D eigenvalue weighted by Gasteiger charge is -2.05. The van der Waals surface area contributed by atoms with E-state index in [-0.39, 0.29) is 0 Å². The number of methoxy groups -OCH3 is 1. The first-order valence-corrected chi connectivity index (χ1v) is 5.31. The van der Waals surface area contributed by atoms with Gasteiger partial charge in [0.2, 0.25) is 0 Å². The quantitative estimate of drug-likeness (QED) is 0.450. The summed E-state index contributed by atoms with van der Waals surface area (Å²) in [5, 5.41) is 15.2. The molecule has 0 radical (unpaired) electrons. The second kappa shape index (κ2) is 3.76. The molecular formula is C9H8IN3O2. The predicted octanol–water partition coefficient (Wildman–Crippen LogP) is 1.18. The normalized spacial score (nSPS) is 10.6. The van der Waals surface area contributed by atoms with Crippen molar-refractivity contribution in [3.8, 4) is 5.75 Å². The van der Waals surface area contributed by atoms with Gasteiger partial charge in [-0.05, 0) is 17.3 Å². The molecule has 2 aromatic rings. The summed E-state index contributed by atoms with van der Waals surface area (Å²) in [6.07, 6.45) is 0. The first-order valence-electron chi connectivity index (χ1n) is 4.23. The number of hydrogen-bond donors (Lipinski definition) is 0. The van der Waals surface area contributed by atoms with E-state index in [1.165, 1.54) is 0 Å². The molecule has 0 bridgehead atoms. The Morgan fingerprint density at radius 1 is 1.47 bits per heavy atom. The highest BCUT2D eigenvalue weighted by atomic mass is 127. The summed E-state index contributed by atoms with van der Waals surface area (Å²) in [6.45, 7) is 1.87. The van der Waals surface area contributed by atoms with E-state index in [4.69, 9.17) is 4.74 Å². The SMILES string of the molecule is COc1cc2nc(I)n[n+]([O-])c2cc1C. The van der Waals surface area contributed by atoms with Gasteiger partial charge in [-0.15, -0.1) is 0 Å². The molecule has 78 valence electrons. The monoisotopic (exact) mass is 317 g/mol. The van der Waals surface area contributed by atoms with Gasteiger partial charge in [0.05, 0.1) is 7.11 Å². The average molecular weight is 317 g/mol. The van der Waals surface area contributed by atoms with Gasteiger partial charge in [0, 0.05) is 39.8 Å². The Bertz CT molecular complexity index is 530. The molecule has 0 aliphatic carbocycles. The van der Waals surface area contributed by atoms with Crippen LogP contribution in [0.3, 0.4) is 0 Å². The summed E-state index contributed by atoms with van der Waals surface area (Å²) in [6, 6.07) is 3.46. The van der Waals surface area contributed by atoms with Gasteiger partial charge in [0.15, 0.2) is 0 Å². The minimum absolute atomic E-state index is 0.418. The van der Waals surface area contributed by atoms with Crippen LogP contribution in [0.1, 0.15) is 5.56 Å². The van der Waals surface area contributed by atoms with Crippen LogP contribution >= 0.6 is 22.6 Å². The van der Waals surface area contributed by atoms with Crippen molar-refractivity contribution in [1.82, 2.24) is 10.1 Å². The lowest BCUT2D eigenvalue weighted by molar-refractivity contribution is -0.644. The number of hydrogen-bond acceptors (Lipinski definition) is 4. The molecule has 0 aliphatic rings. The van der Waals surface area contributed by atoms with Gasteiger partial charge in [-0.2, -0.15) is 0 Å². The fourth-order valence-electron chi connectivity index (χ4n) is 1.38. The number of nitrogens with zero attached hydrogens (tertiary/aromatic N) is 3. The van der Waals surface area contributed by atoms with Crippen LogP contribution in [0.4, 0.5) is 0 Å². The lowest BCUT2D eigenvalue weighted by Crippen LogP contribution is -2.33. The van der Waals surface area contributed by atoms with E-state index in [1.807, 2.05) is 29.5 Å². The van der Waals surface area contributed by atoms with Crippen molar-refractivity contribution in [3.05, 3.63) is 26.7 Å². The maximum absolute atomic E-state index is 11.5. The van der Waals surface area contributed by atoms with E-state index in [0.29, 0.717) is 19.7 Å². The summed E-state index contributed by atoms with van der Waals surface area (Å²) in [5.74, 6) is 0.719. The van der Waals surface area contributed by atoms with Crippen LogP contribution in [0.2, 0.25) is 0 Å². The van der Waals surface area contributed by atoms with Gasteiger partial charge in [0.1, 0.15) is 11.3 Å². The standard InChI is InChI=1S/C9H8IN3O2/c1-5-3-7-6(4-8(5)15-2)11-9(10)12-13(7)14/h3-4H,1-2H3. The molecule has 0 spiro atoms. The smallest absolute Gasteiger partial charge is 0.271 e. The number of aromatic nitrogens is 3. The Morgan fingerprint density at radius 3 is 2.87 bits per heavy atom. The Morgan fingerprint density at radius 2 is 2.20 bits per heavy atom. The summed E-state index contributed by atoms with van der Waals surface area (Å²) >= 11 is 1.90. The number of halogens is 1. The summed E-state index contributed by atoms with van der Waals surface area (Å²) < 4.78 is 5.58. The van der Waals surface area contributed by atoms with Gasteiger partial charge < -0.3 is 9.94 Å². The first-order chi connectivity index (χ1) is 7.11. The van der Waals surface area contributed by atoms with Crippen LogP contribution in [0.15, 0.2) is 12.1 Å². The van der Waals surface area contributed by atoms with Crippen molar-refractivity contribution in [2.45, 2.75) is 6.92 Å². The molecule has 6 heteroatoms. The van der Waals surface area contributed by atoms with Gasteiger partial charge in [-0.3, -0.25) is 0 Å². The predicted molar refractivity (Wildman–Crippen MR) is 62.5 cm³/mol. The fourth-order valence-corrected chi connectivity index (χ4v) is 1.83. The molecule has 15 heavy (non-hydrogen) atoms. The molecule has 0 N–H and O–H groups in total. The zero-order valence-electron chi connectivity index (χ0n) is 8.19. The minimum atomic E-state index is 0.418. The van der Waals surface area contributed by atoms with E-state index in [2.05, 4.69) is 10.1 Å². The Balaban J connectivity index is 2.81. The van der Waals surface area contributed by atoms with Crippen LogP contribution in [-0.4, -0.2) is 17.2 Å². The van der Waals surface area contributed by atoms with Crippen molar-refractivity contribution in [3.63, 3.8) is 0 Å². The number of benzene rings is 1. The Labute approximate surface area is 99.8 Å². The van der Waals surface area contributed by atoms with Crippen LogP contribution in [0, 0.1) is 16.0 Å². The number of rotatable bonds is 1. The second-order valence-corrected chi connectivity index (χ2v) is 4.03. The highest BCUT2D eigenvalue weighted by Crippen LogP contribution is 2.21. The van der Waals surface area contributed by atoms with Crippen LogP contribution in [0.25, 0.3) is 11.0 Å². The van der Waals surface area contributed by atoms with Crippen LogP contribution < -0.4 is 9.58 Å². The van der Waals surface area contributed by atoms with Gasteiger partial charge in [-0.25, -0.2) is 4.98 Å². The number of aryl methyl sites for hydroxylation is 1. The third-order valence-corrected chi connectivity index (χ3v) is 2.54. The lowest BCUT2D eigenvalue weighted by atomic mass is 10.2. The zero-order chi connectivity index (χ0) is 11.0. The average Bonchev–Trinajstić information content (AvgIpc) is 2.18. The van der Waals surface area contributed by atoms with E-state index in [9.17, 15) is 5.21 Å². The zero-order valence-corrected chi connectivity index (χ0v) is 10.3. The first kappa shape index (κ1) is 10.3. The van der Waals surface area contributed by atoms with E-state index in [0.717, 1.165) is 11.3 Å². The van der Waals surface area contributed by atoms with Crippen molar-refractivity contribution in [1.29, 1.82) is 0 Å². The van der Waals surface area contributed by atoms with Gasteiger partial charge >= 0.3 is 0 Å². The summed E-state index contributed by atoms with van der Waals surface area (Å²) in [7, 11) is 1.59. The largest absolute Gasteiger partial charge is 0.594 e. The molecule has 1 aromatic carbocycles. The molecule has 0 saturated heterocycles. The summed E-state index contributed by atoms with van der Waals surface area (Å²) in [4.78, 5) is 4.74. The molecule has 0 aliphatic heterocycles. The van der Waals surface area contributed by atoms with Crippen LogP contribution in [-0.2, 0) is 0 Å². The number of ether oxygens (including phenoxy) is 1. The molecule has 2 rings (SSSR count). The fraction of sp³-hybridized carbons (Fsp3) is 0.222. The molecule has 0 unspecified atom stereocenters. The molecule has 1 aromatic heterocycles. The highest BCUT2D eigenvalue weighted by molar-refractivity contribution is 14.1. The molecule has 0 amide bonds. The second-order valence-electron chi connectivity index (χ2n) is 3.06. The molecule has 0 atom stereocenters. The van der Waals surface area contributed by atoms with E-state index >= 15 is 0 Å². The van der Waals surface area contributed by atoms with Crippen LogP contribution in [0.5, 0.6) is 5.75 Å². The van der Waals surface area contributed by atoms with Crippen molar-refractivity contribution in [2.24, 2.45) is 0 Å². The topological polar surface area (TPSA) is 62.0 Å². The van der Waals surface area contributed by atoms with E-state index in [1.54, 1.807) is 19.2 Å². The van der Waals surface area contributed by atoms with Crippen molar-refractivity contribution >= 4 is 33.6 Å². The van der Waals surface area contributed by atoms with Gasteiger partial charge in [-0.1, -0.05) is 0 Å².